The van der Waals surface area contributed by atoms with Crippen molar-refractivity contribution in [3.8, 4) is 6.07 Å². The number of piperidine rings is 1. The standard InChI is InChI=1S/C15H20N4O2/c1-21-8-6-15(20)18-13-3-2-7-19(11-13)14-5-4-12(9-16)10-17-14/h4-5,10,13H,2-3,6-8,11H2,1H3,(H,18,20). The van der Waals surface area contributed by atoms with Crippen LogP contribution in [0.1, 0.15) is 24.8 Å². The normalized spacial score (nSPS) is 18.1. The van der Waals surface area contributed by atoms with E-state index in [1.165, 1.54) is 0 Å². The van der Waals surface area contributed by atoms with Crippen LogP contribution in [-0.4, -0.2) is 43.7 Å². The molecule has 1 fully saturated rings. The first-order valence-electron chi connectivity index (χ1n) is 7.12. The lowest BCUT2D eigenvalue weighted by Crippen LogP contribution is -2.48. The Hall–Kier alpha value is -2.13. The van der Waals surface area contributed by atoms with Crippen molar-refractivity contribution in [3.05, 3.63) is 23.9 Å². The van der Waals surface area contributed by atoms with Gasteiger partial charge in [-0.25, -0.2) is 4.98 Å². The van der Waals surface area contributed by atoms with Crippen LogP contribution in [-0.2, 0) is 9.53 Å². The average Bonchev–Trinajstić information content (AvgIpc) is 2.53. The fraction of sp³-hybridized carbons (Fsp3) is 0.533. The number of rotatable bonds is 5. The summed E-state index contributed by atoms with van der Waals surface area (Å²) in [7, 11) is 1.59. The number of ether oxygens (including phenoxy) is 1. The highest BCUT2D eigenvalue weighted by Crippen LogP contribution is 2.18. The van der Waals surface area contributed by atoms with E-state index in [0.717, 1.165) is 31.7 Å². The zero-order valence-corrected chi connectivity index (χ0v) is 12.2. The number of methoxy groups -OCH3 is 1. The van der Waals surface area contributed by atoms with Crippen molar-refractivity contribution in [1.82, 2.24) is 10.3 Å². The van der Waals surface area contributed by atoms with Crippen molar-refractivity contribution < 1.29 is 9.53 Å². The van der Waals surface area contributed by atoms with Crippen molar-refractivity contribution in [2.75, 3.05) is 31.7 Å². The molecule has 1 aliphatic rings. The number of nitriles is 1. The first-order chi connectivity index (χ1) is 10.2. The number of hydrogen-bond acceptors (Lipinski definition) is 5. The van der Waals surface area contributed by atoms with E-state index in [0.29, 0.717) is 18.6 Å². The van der Waals surface area contributed by atoms with Crippen molar-refractivity contribution in [2.45, 2.75) is 25.3 Å². The van der Waals surface area contributed by atoms with Crippen LogP contribution in [0.15, 0.2) is 18.3 Å². The fourth-order valence-electron chi connectivity index (χ4n) is 2.44. The van der Waals surface area contributed by atoms with Gasteiger partial charge in [-0.3, -0.25) is 4.79 Å². The quantitative estimate of drug-likeness (QED) is 0.877. The summed E-state index contributed by atoms with van der Waals surface area (Å²) in [6.07, 6.45) is 3.96. The van der Waals surface area contributed by atoms with Crippen molar-refractivity contribution in [3.63, 3.8) is 0 Å². The molecular formula is C15H20N4O2. The first kappa shape index (κ1) is 15.3. The third-order valence-corrected chi connectivity index (χ3v) is 3.52. The highest BCUT2D eigenvalue weighted by atomic mass is 16.5. The summed E-state index contributed by atoms with van der Waals surface area (Å²) in [5, 5.41) is 11.8. The molecule has 0 aromatic carbocycles. The van der Waals surface area contributed by atoms with Gasteiger partial charge in [-0.05, 0) is 25.0 Å². The molecule has 0 radical (unpaired) electrons. The predicted octanol–water partition coefficient (Wildman–Crippen LogP) is 1.07. The lowest BCUT2D eigenvalue weighted by Gasteiger charge is -2.34. The smallest absolute Gasteiger partial charge is 0.222 e. The monoisotopic (exact) mass is 288 g/mol. The molecule has 0 spiro atoms. The lowest BCUT2D eigenvalue weighted by atomic mass is 10.1. The predicted molar refractivity (Wildman–Crippen MR) is 78.8 cm³/mol. The molecule has 1 unspecified atom stereocenters. The molecule has 21 heavy (non-hydrogen) atoms. The molecule has 0 saturated carbocycles. The van der Waals surface area contributed by atoms with Crippen LogP contribution >= 0.6 is 0 Å². The van der Waals surface area contributed by atoms with Gasteiger partial charge in [-0.15, -0.1) is 0 Å². The highest BCUT2D eigenvalue weighted by Gasteiger charge is 2.22. The van der Waals surface area contributed by atoms with Crippen LogP contribution in [0.2, 0.25) is 0 Å². The second-order valence-corrected chi connectivity index (χ2v) is 5.11. The molecule has 1 N–H and O–H groups in total. The van der Waals surface area contributed by atoms with Gasteiger partial charge in [0, 0.05) is 38.9 Å². The number of amides is 1. The van der Waals surface area contributed by atoms with E-state index in [2.05, 4.69) is 21.3 Å². The molecule has 1 aromatic heterocycles. The topological polar surface area (TPSA) is 78.2 Å². The minimum absolute atomic E-state index is 0.0245. The molecule has 2 heterocycles. The summed E-state index contributed by atoms with van der Waals surface area (Å²) in [4.78, 5) is 18.2. The second kappa shape index (κ2) is 7.60. The summed E-state index contributed by atoms with van der Waals surface area (Å²) in [5.74, 6) is 0.876. The number of pyridine rings is 1. The lowest BCUT2D eigenvalue weighted by molar-refractivity contribution is -0.122. The third-order valence-electron chi connectivity index (χ3n) is 3.52. The average molecular weight is 288 g/mol. The Balaban J connectivity index is 1.90. The van der Waals surface area contributed by atoms with Crippen LogP contribution in [0.3, 0.4) is 0 Å². The van der Waals surface area contributed by atoms with E-state index in [1.54, 1.807) is 19.4 Å². The molecule has 2 rings (SSSR count). The Morgan fingerprint density at radius 3 is 3.14 bits per heavy atom. The molecule has 1 aliphatic heterocycles. The fourth-order valence-corrected chi connectivity index (χ4v) is 2.44. The molecule has 0 aliphatic carbocycles. The van der Waals surface area contributed by atoms with Crippen LogP contribution in [0.25, 0.3) is 0 Å². The molecule has 112 valence electrons. The van der Waals surface area contributed by atoms with Crippen LogP contribution < -0.4 is 10.2 Å². The Morgan fingerprint density at radius 2 is 2.48 bits per heavy atom. The minimum atomic E-state index is 0.0245. The Morgan fingerprint density at radius 1 is 1.62 bits per heavy atom. The number of hydrogen-bond donors (Lipinski definition) is 1. The summed E-state index contributed by atoms with van der Waals surface area (Å²) in [5.41, 5.74) is 0.556. The Kier molecular flexibility index (Phi) is 5.52. The Labute approximate surface area is 124 Å². The van der Waals surface area contributed by atoms with E-state index in [9.17, 15) is 4.79 Å². The number of nitrogens with zero attached hydrogens (tertiary/aromatic N) is 3. The maximum absolute atomic E-state index is 11.7. The van der Waals surface area contributed by atoms with Gasteiger partial charge >= 0.3 is 0 Å². The van der Waals surface area contributed by atoms with Crippen molar-refractivity contribution >= 4 is 11.7 Å². The first-order valence-corrected chi connectivity index (χ1v) is 7.12. The van der Waals surface area contributed by atoms with Crippen molar-refractivity contribution in [1.29, 1.82) is 5.26 Å². The van der Waals surface area contributed by atoms with Gasteiger partial charge in [0.25, 0.3) is 0 Å². The highest BCUT2D eigenvalue weighted by molar-refractivity contribution is 5.76. The zero-order valence-electron chi connectivity index (χ0n) is 12.2. The molecule has 6 nitrogen and oxygen atoms in total. The number of nitrogens with one attached hydrogen (secondary N) is 1. The summed E-state index contributed by atoms with van der Waals surface area (Å²) < 4.78 is 4.91. The third kappa shape index (κ3) is 4.43. The zero-order chi connectivity index (χ0) is 15.1. The molecule has 1 saturated heterocycles. The summed E-state index contributed by atoms with van der Waals surface area (Å²) in [6, 6.07) is 5.82. The van der Waals surface area contributed by atoms with Gasteiger partial charge < -0.3 is 15.0 Å². The number of aromatic nitrogens is 1. The van der Waals surface area contributed by atoms with Gasteiger partial charge in [-0.1, -0.05) is 0 Å². The minimum Gasteiger partial charge on any atom is -0.384 e. The molecule has 0 bridgehead atoms. The molecule has 1 atom stereocenters. The van der Waals surface area contributed by atoms with E-state index in [-0.39, 0.29) is 11.9 Å². The maximum Gasteiger partial charge on any atom is 0.222 e. The van der Waals surface area contributed by atoms with Gasteiger partial charge in [0.05, 0.1) is 12.2 Å². The maximum atomic E-state index is 11.7. The van der Waals surface area contributed by atoms with E-state index >= 15 is 0 Å². The summed E-state index contributed by atoms with van der Waals surface area (Å²) >= 11 is 0. The Bertz CT molecular complexity index is 509. The van der Waals surface area contributed by atoms with E-state index in [1.807, 2.05) is 6.07 Å². The van der Waals surface area contributed by atoms with Crippen molar-refractivity contribution in [2.24, 2.45) is 0 Å². The van der Waals surface area contributed by atoms with Crippen LogP contribution in [0, 0.1) is 11.3 Å². The van der Waals surface area contributed by atoms with E-state index < -0.39 is 0 Å². The largest absolute Gasteiger partial charge is 0.384 e. The second-order valence-electron chi connectivity index (χ2n) is 5.11. The SMILES string of the molecule is COCCC(=O)NC1CCCN(c2ccc(C#N)cn2)C1. The van der Waals surface area contributed by atoms with Gasteiger partial charge in [-0.2, -0.15) is 5.26 Å². The number of carbonyl (C=O) groups is 1. The van der Waals surface area contributed by atoms with Gasteiger partial charge in [0.1, 0.15) is 11.9 Å². The molecular weight excluding hydrogens is 268 g/mol. The van der Waals surface area contributed by atoms with Crippen LogP contribution in [0.5, 0.6) is 0 Å². The van der Waals surface area contributed by atoms with E-state index in [4.69, 9.17) is 10.00 Å². The number of carbonyl (C=O) groups excluding carboxylic acids is 1. The molecule has 1 amide bonds. The van der Waals surface area contributed by atoms with Gasteiger partial charge in [0.15, 0.2) is 0 Å². The molecule has 1 aromatic rings. The van der Waals surface area contributed by atoms with Gasteiger partial charge in [0.2, 0.25) is 5.91 Å². The summed E-state index contributed by atoms with van der Waals surface area (Å²) in [6.45, 7) is 2.11. The number of anilines is 1. The molecule has 6 heteroatoms. The van der Waals surface area contributed by atoms with Crippen LogP contribution in [0.4, 0.5) is 5.82 Å².